The molecule has 144 valence electrons. The summed E-state index contributed by atoms with van der Waals surface area (Å²) in [5.74, 6) is 2.50. The first-order chi connectivity index (χ1) is 13.8. The van der Waals surface area contributed by atoms with Gasteiger partial charge in [-0.3, -0.25) is 4.90 Å². The van der Waals surface area contributed by atoms with E-state index in [2.05, 4.69) is 56.8 Å². The number of rotatable bonds is 4. The van der Waals surface area contributed by atoms with Crippen molar-refractivity contribution in [2.75, 3.05) is 20.8 Å². The Hall–Kier alpha value is -2.93. The minimum atomic E-state index is 0.150. The second-order valence-corrected chi connectivity index (χ2v) is 7.33. The molecule has 0 bridgehead atoms. The summed E-state index contributed by atoms with van der Waals surface area (Å²) in [6.45, 7) is 1.72. The number of aromatic nitrogens is 4. The maximum absolute atomic E-state index is 5.57. The Labute approximate surface area is 163 Å². The van der Waals surface area contributed by atoms with Crippen LogP contribution in [0.4, 0.5) is 0 Å². The highest BCUT2D eigenvalue weighted by Gasteiger charge is 2.40. The van der Waals surface area contributed by atoms with E-state index >= 15 is 0 Å². The van der Waals surface area contributed by atoms with Crippen molar-refractivity contribution in [1.29, 1.82) is 0 Å². The van der Waals surface area contributed by atoms with E-state index in [4.69, 9.17) is 9.47 Å². The Morgan fingerprint density at radius 1 is 1.07 bits per heavy atom. The lowest BCUT2D eigenvalue weighted by Crippen LogP contribution is -2.45. The average Bonchev–Trinajstić information content (AvgIpc) is 3.21. The first kappa shape index (κ1) is 17.2. The Kier molecular flexibility index (Phi) is 4.24. The van der Waals surface area contributed by atoms with Crippen LogP contribution in [-0.2, 0) is 19.4 Å². The quantitative estimate of drug-likeness (QED) is 0.696. The van der Waals surface area contributed by atoms with Gasteiger partial charge in [-0.2, -0.15) is 0 Å². The second kappa shape index (κ2) is 6.91. The Morgan fingerprint density at radius 3 is 2.64 bits per heavy atom. The molecule has 2 unspecified atom stereocenters. The van der Waals surface area contributed by atoms with Gasteiger partial charge in [0, 0.05) is 6.54 Å². The van der Waals surface area contributed by atoms with Crippen LogP contribution in [0.25, 0.3) is 0 Å². The third-order valence-corrected chi connectivity index (χ3v) is 5.92. The molecule has 0 radical (unpaired) electrons. The van der Waals surface area contributed by atoms with Crippen LogP contribution in [0.15, 0.2) is 42.5 Å². The molecule has 28 heavy (non-hydrogen) atoms. The third-order valence-electron chi connectivity index (χ3n) is 5.92. The van der Waals surface area contributed by atoms with Crippen LogP contribution in [0.2, 0.25) is 0 Å². The molecular formula is C21H23N5O2. The van der Waals surface area contributed by atoms with Gasteiger partial charge in [0.2, 0.25) is 0 Å². The van der Waals surface area contributed by atoms with Crippen molar-refractivity contribution in [2.45, 2.75) is 31.5 Å². The van der Waals surface area contributed by atoms with E-state index in [1.807, 2.05) is 10.7 Å². The van der Waals surface area contributed by atoms with E-state index in [1.54, 1.807) is 14.2 Å². The average molecular weight is 377 g/mol. The Bertz CT molecular complexity index is 988. The highest BCUT2D eigenvalue weighted by molar-refractivity contribution is 5.49. The smallest absolute Gasteiger partial charge is 0.168 e. The lowest BCUT2D eigenvalue weighted by Gasteiger charge is -2.45. The van der Waals surface area contributed by atoms with Crippen molar-refractivity contribution in [3.05, 3.63) is 65.0 Å². The van der Waals surface area contributed by atoms with Crippen LogP contribution >= 0.6 is 0 Å². The highest BCUT2D eigenvalue weighted by Crippen LogP contribution is 2.44. The van der Waals surface area contributed by atoms with Gasteiger partial charge >= 0.3 is 0 Å². The van der Waals surface area contributed by atoms with E-state index in [0.29, 0.717) is 0 Å². The van der Waals surface area contributed by atoms with Crippen LogP contribution in [0, 0.1) is 0 Å². The molecule has 0 aliphatic carbocycles. The highest BCUT2D eigenvalue weighted by atomic mass is 16.5. The molecule has 3 aromatic rings. The van der Waals surface area contributed by atoms with Crippen molar-refractivity contribution in [1.82, 2.24) is 25.1 Å². The first-order valence-electron chi connectivity index (χ1n) is 9.59. The number of nitrogens with zero attached hydrogens (tertiary/aromatic N) is 5. The molecule has 2 aliphatic rings. The monoisotopic (exact) mass is 377 g/mol. The molecule has 2 atom stereocenters. The molecule has 7 nitrogen and oxygen atoms in total. The summed E-state index contributed by atoms with van der Waals surface area (Å²) in [5, 5.41) is 12.6. The zero-order valence-electron chi connectivity index (χ0n) is 16.1. The van der Waals surface area contributed by atoms with Crippen LogP contribution in [-0.4, -0.2) is 45.9 Å². The van der Waals surface area contributed by atoms with Gasteiger partial charge in [0.1, 0.15) is 0 Å². The summed E-state index contributed by atoms with van der Waals surface area (Å²) >= 11 is 0. The summed E-state index contributed by atoms with van der Waals surface area (Å²) in [4.78, 5) is 2.55. The molecule has 0 fully saturated rings. The molecular weight excluding hydrogens is 354 g/mol. The van der Waals surface area contributed by atoms with Crippen LogP contribution < -0.4 is 9.47 Å². The summed E-state index contributed by atoms with van der Waals surface area (Å²) in [6.07, 6.45) is 1.86. The fraction of sp³-hybridized carbons (Fsp3) is 0.381. The van der Waals surface area contributed by atoms with Crippen LogP contribution in [0.5, 0.6) is 11.5 Å². The van der Waals surface area contributed by atoms with Crippen molar-refractivity contribution < 1.29 is 9.47 Å². The van der Waals surface area contributed by atoms with E-state index in [-0.39, 0.29) is 12.1 Å². The Morgan fingerprint density at radius 2 is 1.86 bits per heavy atom. The zero-order valence-corrected chi connectivity index (χ0v) is 16.1. The maximum atomic E-state index is 5.57. The summed E-state index contributed by atoms with van der Waals surface area (Å²) in [7, 11) is 3.37. The lowest BCUT2D eigenvalue weighted by atomic mass is 9.87. The van der Waals surface area contributed by atoms with Gasteiger partial charge in [0.25, 0.3) is 0 Å². The van der Waals surface area contributed by atoms with Gasteiger partial charge in [-0.25, -0.2) is 4.68 Å². The molecule has 7 heteroatoms. The van der Waals surface area contributed by atoms with Gasteiger partial charge in [0.15, 0.2) is 17.3 Å². The van der Waals surface area contributed by atoms with E-state index in [9.17, 15) is 0 Å². The van der Waals surface area contributed by atoms with Crippen molar-refractivity contribution in [2.24, 2.45) is 0 Å². The number of methoxy groups -OCH3 is 2. The summed E-state index contributed by atoms with van der Waals surface area (Å²) < 4.78 is 13.0. The number of hydrogen-bond acceptors (Lipinski definition) is 6. The minimum Gasteiger partial charge on any atom is -0.493 e. The first-order valence-corrected chi connectivity index (χ1v) is 9.59. The Balaban J connectivity index is 1.57. The standard InChI is InChI=1S/C21H23N5O2/c1-27-19-11-15-8-9-25-17(10-14-6-4-3-5-7-14)21-22-23-24-26(21)13-18(25)16(15)12-20(19)28-2/h3-7,11-12,17-18H,8-10,13H2,1-2H3. The molecule has 0 saturated carbocycles. The molecule has 0 spiro atoms. The fourth-order valence-corrected chi connectivity index (χ4v) is 4.56. The van der Waals surface area contributed by atoms with E-state index < -0.39 is 0 Å². The normalized spacial score (nSPS) is 20.8. The number of fused-ring (bicyclic) bond motifs is 4. The minimum absolute atomic E-state index is 0.150. The topological polar surface area (TPSA) is 65.3 Å². The predicted octanol–water partition coefficient (Wildman–Crippen LogP) is 2.59. The van der Waals surface area contributed by atoms with Gasteiger partial charge < -0.3 is 9.47 Å². The SMILES string of the molecule is COc1cc2c(cc1OC)C1Cn3nnnc3C(Cc3ccccc3)N1CC2. The molecule has 5 rings (SSSR count). The van der Waals surface area contributed by atoms with Crippen molar-refractivity contribution in [3.63, 3.8) is 0 Å². The second-order valence-electron chi connectivity index (χ2n) is 7.33. The van der Waals surface area contributed by atoms with Gasteiger partial charge in [0.05, 0.1) is 32.8 Å². The lowest BCUT2D eigenvalue weighted by molar-refractivity contribution is 0.0700. The molecule has 1 aromatic heterocycles. The molecule has 0 amide bonds. The predicted molar refractivity (Wildman–Crippen MR) is 103 cm³/mol. The van der Waals surface area contributed by atoms with Gasteiger partial charge in [-0.05, 0) is 52.1 Å². The maximum Gasteiger partial charge on any atom is 0.168 e. The van der Waals surface area contributed by atoms with Gasteiger partial charge in [-0.1, -0.05) is 30.3 Å². The molecule has 2 aliphatic heterocycles. The third kappa shape index (κ3) is 2.74. The molecule has 2 aromatic carbocycles. The largest absolute Gasteiger partial charge is 0.493 e. The van der Waals surface area contributed by atoms with Crippen molar-refractivity contribution in [3.8, 4) is 11.5 Å². The van der Waals surface area contributed by atoms with Gasteiger partial charge in [-0.15, -0.1) is 5.10 Å². The number of ether oxygens (including phenoxy) is 2. The fourth-order valence-electron chi connectivity index (χ4n) is 4.56. The molecule has 3 heterocycles. The number of hydrogen-bond donors (Lipinski definition) is 0. The van der Waals surface area contributed by atoms with Crippen LogP contribution in [0.1, 0.15) is 34.6 Å². The summed E-state index contributed by atoms with van der Waals surface area (Å²) in [5.41, 5.74) is 3.89. The zero-order chi connectivity index (χ0) is 19.1. The summed E-state index contributed by atoms with van der Waals surface area (Å²) in [6, 6.07) is 15.2. The van der Waals surface area contributed by atoms with Crippen LogP contribution in [0.3, 0.4) is 0 Å². The number of benzene rings is 2. The van der Waals surface area contributed by atoms with Crippen molar-refractivity contribution >= 4 is 0 Å². The molecule has 0 N–H and O–H groups in total. The van der Waals surface area contributed by atoms with E-state index in [1.165, 1.54) is 16.7 Å². The molecule has 0 saturated heterocycles. The van der Waals surface area contributed by atoms with E-state index in [0.717, 1.165) is 43.3 Å². The number of tetrazole rings is 1.